The summed E-state index contributed by atoms with van der Waals surface area (Å²) in [4.78, 5) is 9.14. The standard InChI is InChI=1S/C49H40N4O/c1-49(2,3)30-23-24-50-45(25-30)53-40-18-10-9-13-33(40)34-22-21-31(27-43(34)53)54-32-26-39-46-35-14-5-7-16-37(35)47(38-17-8-6-15-36(38)46)48(39)44(28-32)52-29-51(4)41-19-11-12-20-42(41)52/h5-28,46-47H,29H2,1-4H3/i5D,6D,7D,8D,14D,15D,16D,17D. The van der Waals surface area contributed by atoms with Gasteiger partial charge in [-0.15, -0.1) is 0 Å². The van der Waals surface area contributed by atoms with Gasteiger partial charge >= 0.3 is 0 Å². The van der Waals surface area contributed by atoms with Crippen molar-refractivity contribution in [2.75, 3.05) is 23.5 Å². The van der Waals surface area contributed by atoms with E-state index in [1.54, 1.807) is 0 Å². The largest absolute Gasteiger partial charge is 0.457 e. The number of hydrogen-bond donors (Lipinski definition) is 0. The van der Waals surface area contributed by atoms with Crippen molar-refractivity contribution in [2.24, 2.45) is 0 Å². The predicted molar refractivity (Wildman–Crippen MR) is 220 cm³/mol. The smallest absolute Gasteiger partial charge is 0.137 e. The van der Waals surface area contributed by atoms with Gasteiger partial charge in [0.2, 0.25) is 0 Å². The van der Waals surface area contributed by atoms with E-state index < -0.39 is 11.8 Å². The van der Waals surface area contributed by atoms with Crippen molar-refractivity contribution < 1.29 is 15.7 Å². The van der Waals surface area contributed by atoms with Gasteiger partial charge in [-0.1, -0.05) is 99.4 Å². The van der Waals surface area contributed by atoms with Gasteiger partial charge in [0.25, 0.3) is 0 Å². The van der Waals surface area contributed by atoms with Crippen LogP contribution in [0.4, 0.5) is 17.1 Å². The Hall–Kier alpha value is -6.33. The van der Waals surface area contributed by atoms with Gasteiger partial charge in [-0.3, -0.25) is 4.57 Å². The minimum absolute atomic E-state index is 0.0939. The minimum atomic E-state index is -0.938. The van der Waals surface area contributed by atoms with Crippen molar-refractivity contribution in [1.29, 1.82) is 0 Å². The average Bonchev–Trinajstić information content (AvgIpc) is 3.78. The highest BCUT2D eigenvalue weighted by atomic mass is 16.5. The number of fused-ring (bicyclic) bond motifs is 4. The molecule has 54 heavy (non-hydrogen) atoms. The Labute approximate surface area is 326 Å². The van der Waals surface area contributed by atoms with E-state index in [9.17, 15) is 5.48 Å². The molecule has 2 bridgehead atoms. The normalized spacial score (nSPS) is 18.8. The third kappa shape index (κ3) is 4.48. The molecule has 0 spiro atoms. The van der Waals surface area contributed by atoms with Gasteiger partial charge in [0.15, 0.2) is 0 Å². The molecule has 2 aromatic heterocycles. The molecule has 0 fully saturated rings. The third-order valence-electron chi connectivity index (χ3n) is 11.4. The summed E-state index contributed by atoms with van der Waals surface area (Å²) in [7, 11) is 2.01. The van der Waals surface area contributed by atoms with Gasteiger partial charge in [-0.2, -0.15) is 0 Å². The molecule has 0 saturated carbocycles. The molecule has 3 heterocycles. The highest BCUT2D eigenvalue weighted by molar-refractivity contribution is 6.09. The molecule has 0 radical (unpaired) electrons. The third-order valence-corrected chi connectivity index (χ3v) is 11.4. The topological polar surface area (TPSA) is 33.5 Å². The molecule has 0 unspecified atom stereocenters. The Morgan fingerprint density at radius 1 is 0.648 bits per heavy atom. The van der Waals surface area contributed by atoms with Crippen LogP contribution >= 0.6 is 0 Å². The molecule has 0 amide bonds. The fraction of sp³-hybridized carbons (Fsp3) is 0.163. The van der Waals surface area contributed by atoms with Crippen molar-refractivity contribution in [3.63, 3.8) is 0 Å². The number of hydrogen-bond acceptors (Lipinski definition) is 4. The molecule has 4 aliphatic rings. The lowest BCUT2D eigenvalue weighted by Gasteiger charge is -2.44. The number of nitrogens with zero attached hydrogens (tertiary/aromatic N) is 4. The predicted octanol–water partition coefficient (Wildman–Crippen LogP) is 11.8. The molecular formula is C49H40N4O. The van der Waals surface area contributed by atoms with Gasteiger partial charge in [-0.25, -0.2) is 4.98 Å². The van der Waals surface area contributed by atoms with Gasteiger partial charge in [0.1, 0.15) is 17.3 Å². The highest BCUT2D eigenvalue weighted by Gasteiger charge is 2.44. The number of rotatable bonds is 4. The first kappa shape index (κ1) is 24.1. The zero-order valence-corrected chi connectivity index (χ0v) is 30.3. The van der Waals surface area contributed by atoms with Crippen molar-refractivity contribution in [3.05, 3.63) is 184 Å². The quantitative estimate of drug-likeness (QED) is 0.182. The van der Waals surface area contributed by atoms with Crippen molar-refractivity contribution >= 4 is 38.9 Å². The van der Waals surface area contributed by atoms with E-state index in [1.165, 1.54) is 0 Å². The fourth-order valence-corrected chi connectivity index (χ4v) is 8.92. The molecule has 6 aromatic carbocycles. The Kier molecular flexibility index (Phi) is 5.05. The second kappa shape index (κ2) is 11.3. The highest BCUT2D eigenvalue weighted by Crippen LogP contribution is 2.60. The number of benzene rings is 6. The molecule has 12 rings (SSSR count). The van der Waals surface area contributed by atoms with E-state index in [0.717, 1.165) is 55.8 Å². The van der Waals surface area contributed by atoms with Crippen LogP contribution in [0.1, 0.15) is 82.5 Å². The first-order valence-corrected chi connectivity index (χ1v) is 18.3. The summed E-state index contributed by atoms with van der Waals surface area (Å²) in [6, 6.07) is 27.9. The van der Waals surface area contributed by atoms with E-state index in [0.29, 0.717) is 46.0 Å². The van der Waals surface area contributed by atoms with Crippen LogP contribution in [0.5, 0.6) is 11.5 Å². The van der Waals surface area contributed by atoms with Crippen LogP contribution in [0.15, 0.2) is 146 Å². The molecule has 1 aliphatic heterocycles. The lowest BCUT2D eigenvalue weighted by molar-refractivity contribution is 0.481. The van der Waals surface area contributed by atoms with Gasteiger partial charge < -0.3 is 14.5 Å². The van der Waals surface area contributed by atoms with E-state index in [4.69, 9.17) is 15.2 Å². The second-order valence-electron chi connectivity index (χ2n) is 15.5. The summed E-state index contributed by atoms with van der Waals surface area (Å²) < 4.78 is 81.2. The lowest BCUT2D eigenvalue weighted by atomic mass is 9.60. The van der Waals surface area contributed by atoms with Crippen molar-refractivity contribution in [3.8, 4) is 17.3 Å². The van der Waals surface area contributed by atoms with Crippen LogP contribution in [0.25, 0.3) is 27.6 Å². The zero-order valence-electron chi connectivity index (χ0n) is 38.3. The first-order valence-electron chi connectivity index (χ1n) is 22.3. The molecule has 0 N–H and O–H groups in total. The summed E-state index contributed by atoms with van der Waals surface area (Å²) in [6.07, 6.45) is 1.85. The molecule has 8 aromatic rings. The number of anilines is 3. The average molecular weight is 709 g/mol. The summed E-state index contributed by atoms with van der Waals surface area (Å²) in [5.74, 6) is -0.0436. The molecule has 0 atom stereocenters. The summed E-state index contributed by atoms with van der Waals surface area (Å²) >= 11 is 0. The molecule has 262 valence electrons. The van der Waals surface area contributed by atoms with E-state index >= 15 is 0 Å². The fourth-order valence-electron chi connectivity index (χ4n) is 8.92. The Balaban J connectivity index is 1.16. The van der Waals surface area contributed by atoms with Crippen LogP contribution in [-0.4, -0.2) is 23.3 Å². The van der Waals surface area contributed by atoms with Gasteiger partial charge in [0.05, 0.1) is 45.7 Å². The maximum Gasteiger partial charge on any atom is 0.137 e. The van der Waals surface area contributed by atoms with Crippen LogP contribution in [0, 0.1) is 0 Å². The van der Waals surface area contributed by atoms with E-state index in [-0.39, 0.29) is 53.8 Å². The molecular weight excluding hydrogens is 661 g/mol. The maximum absolute atomic E-state index is 9.28. The number of pyridine rings is 1. The molecule has 3 aliphatic carbocycles. The Morgan fingerprint density at radius 2 is 1.31 bits per heavy atom. The summed E-state index contributed by atoms with van der Waals surface area (Å²) in [5.41, 5.74) is 8.34. The first-order chi connectivity index (χ1) is 29.6. The number of para-hydroxylation sites is 3. The van der Waals surface area contributed by atoms with Crippen LogP contribution < -0.4 is 14.5 Å². The van der Waals surface area contributed by atoms with Crippen LogP contribution in [0.3, 0.4) is 0 Å². The summed E-state index contributed by atoms with van der Waals surface area (Å²) in [6.45, 7) is 7.01. The Morgan fingerprint density at radius 3 is 2.06 bits per heavy atom. The number of ether oxygens (including phenoxy) is 1. The SMILES string of the molecule is [2H]c1c([2H])c([2H])c2c(c1[2H])C1c3cc(Oc4ccc5c6ccccc6n(-c6cc(C(C)(C)C)ccn6)c5c4)cc(N4CN(C)c5ccccc54)c3C2c2c([2H])c([2H])c([2H])c([2H])c21. The van der Waals surface area contributed by atoms with Crippen LogP contribution in [0.2, 0.25) is 0 Å². The molecule has 5 nitrogen and oxygen atoms in total. The maximum atomic E-state index is 9.28. The summed E-state index contributed by atoms with van der Waals surface area (Å²) in [5, 5.41) is 2.11. The lowest BCUT2D eigenvalue weighted by Crippen LogP contribution is -2.31. The van der Waals surface area contributed by atoms with E-state index in [1.807, 2.05) is 73.9 Å². The second-order valence-corrected chi connectivity index (χ2v) is 15.5. The molecule has 5 heteroatoms. The van der Waals surface area contributed by atoms with Crippen molar-refractivity contribution in [1.82, 2.24) is 9.55 Å². The van der Waals surface area contributed by atoms with Gasteiger partial charge in [-0.05, 0) is 92.9 Å². The van der Waals surface area contributed by atoms with Crippen molar-refractivity contribution in [2.45, 2.75) is 38.0 Å². The Bertz CT molecular complexity index is 3210. The zero-order chi connectivity index (χ0) is 43.3. The number of aromatic nitrogens is 2. The molecule has 0 saturated heterocycles. The monoisotopic (exact) mass is 708 g/mol. The van der Waals surface area contributed by atoms with Gasteiger partial charge in [0, 0.05) is 48.0 Å². The van der Waals surface area contributed by atoms with Crippen LogP contribution in [-0.2, 0) is 5.41 Å². The minimum Gasteiger partial charge on any atom is -0.457 e. The van der Waals surface area contributed by atoms with E-state index in [2.05, 4.69) is 65.5 Å².